The van der Waals surface area contributed by atoms with E-state index in [0.717, 1.165) is 12.8 Å². The minimum absolute atomic E-state index is 0.0221. The van der Waals surface area contributed by atoms with Crippen LogP contribution in [0.25, 0.3) is 5.76 Å². The third-order valence-corrected chi connectivity index (χ3v) is 5.54. The van der Waals surface area contributed by atoms with Crippen LogP contribution in [0.1, 0.15) is 30.0 Å². The maximum Gasteiger partial charge on any atom is 0.295 e. The highest BCUT2D eigenvalue weighted by molar-refractivity contribution is 6.46. The van der Waals surface area contributed by atoms with Crippen molar-refractivity contribution in [1.29, 1.82) is 0 Å². The highest BCUT2D eigenvalue weighted by atomic mass is 16.5. The number of ketones is 1. The number of aromatic hydroxyl groups is 1. The van der Waals surface area contributed by atoms with Crippen LogP contribution in [0.4, 0.5) is 0 Å². The zero-order chi connectivity index (χ0) is 21.3. The smallest absolute Gasteiger partial charge is 0.295 e. The van der Waals surface area contributed by atoms with Gasteiger partial charge in [-0.2, -0.15) is 0 Å². The molecule has 2 unspecified atom stereocenters. The first kappa shape index (κ1) is 20.0. The lowest BCUT2D eigenvalue weighted by atomic mass is 9.95. The fourth-order valence-electron chi connectivity index (χ4n) is 3.98. The first-order valence-corrected chi connectivity index (χ1v) is 9.83. The highest BCUT2D eigenvalue weighted by Gasteiger charge is 2.47. The van der Waals surface area contributed by atoms with Crippen molar-refractivity contribution in [2.45, 2.75) is 25.0 Å². The second-order valence-corrected chi connectivity index (χ2v) is 7.41. The summed E-state index contributed by atoms with van der Waals surface area (Å²) >= 11 is 0. The summed E-state index contributed by atoms with van der Waals surface area (Å²) in [6.45, 7) is 0.889. The van der Waals surface area contributed by atoms with E-state index in [1.165, 1.54) is 24.1 Å². The van der Waals surface area contributed by atoms with E-state index < -0.39 is 17.7 Å². The number of phenols is 1. The average Bonchev–Trinajstić information content (AvgIpc) is 3.36. The van der Waals surface area contributed by atoms with Gasteiger partial charge in [0.15, 0.2) is 0 Å². The van der Waals surface area contributed by atoms with Crippen LogP contribution in [-0.4, -0.2) is 53.2 Å². The maximum absolute atomic E-state index is 13.0. The molecule has 2 heterocycles. The summed E-state index contributed by atoms with van der Waals surface area (Å²) < 4.78 is 10.8. The highest BCUT2D eigenvalue weighted by Crippen LogP contribution is 2.40. The van der Waals surface area contributed by atoms with Crippen molar-refractivity contribution in [3.63, 3.8) is 0 Å². The number of hydrogen-bond donors (Lipinski definition) is 2. The van der Waals surface area contributed by atoms with E-state index in [4.69, 9.17) is 9.47 Å². The van der Waals surface area contributed by atoms with E-state index in [1.54, 1.807) is 36.4 Å². The van der Waals surface area contributed by atoms with E-state index in [1.807, 2.05) is 0 Å². The number of aliphatic hydroxyl groups is 1. The Kier molecular flexibility index (Phi) is 5.46. The van der Waals surface area contributed by atoms with Crippen molar-refractivity contribution in [1.82, 2.24) is 4.90 Å². The number of ether oxygens (including phenoxy) is 2. The maximum atomic E-state index is 13.0. The van der Waals surface area contributed by atoms with Gasteiger partial charge in [-0.3, -0.25) is 9.59 Å². The van der Waals surface area contributed by atoms with Crippen molar-refractivity contribution in [3.05, 3.63) is 65.2 Å². The van der Waals surface area contributed by atoms with E-state index in [-0.39, 0.29) is 29.7 Å². The van der Waals surface area contributed by atoms with Gasteiger partial charge in [0.1, 0.15) is 17.3 Å². The minimum Gasteiger partial charge on any atom is -0.508 e. The molecule has 2 saturated heterocycles. The number of Topliss-reactive ketones (excluding diaryl/α,β-unsaturated/α-hetero) is 1. The van der Waals surface area contributed by atoms with Crippen LogP contribution < -0.4 is 4.74 Å². The fourth-order valence-corrected chi connectivity index (χ4v) is 3.98. The molecule has 30 heavy (non-hydrogen) atoms. The zero-order valence-corrected chi connectivity index (χ0v) is 16.6. The molecular formula is C23H23NO6. The number of aliphatic hydroxyl groups excluding tert-OH is 1. The second-order valence-electron chi connectivity index (χ2n) is 7.41. The largest absolute Gasteiger partial charge is 0.508 e. The number of rotatable bonds is 5. The van der Waals surface area contributed by atoms with Crippen LogP contribution >= 0.6 is 0 Å². The lowest BCUT2D eigenvalue weighted by Gasteiger charge is -2.27. The Bertz CT molecular complexity index is 974. The Morgan fingerprint density at radius 1 is 1.13 bits per heavy atom. The standard InChI is InChI=1S/C23H23NO6/c1-29-17-10-6-15(7-11-17)21(26)19-20(14-4-8-16(25)9-5-14)24(23(28)22(19)27)13-18-3-2-12-30-18/h4-11,18,20,25-26H,2-3,12-13H2,1H3. The molecule has 2 N–H and O–H groups in total. The molecule has 2 aliphatic heterocycles. The van der Waals surface area contributed by atoms with Crippen LogP contribution in [0.2, 0.25) is 0 Å². The molecule has 0 aliphatic carbocycles. The van der Waals surface area contributed by atoms with Crippen molar-refractivity contribution >= 4 is 17.4 Å². The number of benzene rings is 2. The number of carbonyl (C=O) groups is 2. The fraction of sp³-hybridized carbons (Fsp3) is 0.304. The molecule has 2 atom stereocenters. The average molecular weight is 409 g/mol. The number of methoxy groups -OCH3 is 1. The van der Waals surface area contributed by atoms with Gasteiger partial charge in [-0.05, 0) is 54.8 Å². The Morgan fingerprint density at radius 2 is 1.83 bits per heavy atom. The predicted octanol–water partition coefficient (Wildman–Crippen LogP) is 3.00. The minimum atomic E-state index is -0.767. The molecule has 156 valence electrons. The van der Waals surface area contributed by atoms with Crippen LogP contribution in [0.5, 0.6) is 11.5 Å². The molecule has 1 amide bonds. The SMILES string of the molecule is COc1ccc(C(O)=C2C(=O)C(=O)N(CC3CCCO3)C2c2ccc(O)cc2)cc1. The van der Waals surface area contributed by atoms with Crippen LogP contribution in [-0.2, 0) is 14.3 Å². The van der Waals surface area contributed by atoms with Gasteiger partial charge in [-0.1, -0.05) is 12.1 Å². The van der Waals surface area contributed by atoms with Crippen LogP contribution in [0.3, 0.4) is 0 Å². The van der Waals surface area contributed by atoms with E-state index in [0.29, 0.717) is 23.5 Å². The van der Waals surface area contributed by atoms with Gasteiger partial charge in [-0.25, -0.2) is 0 Å². The molecule has 2 aliphatic rings. The molecule has 7 heteroatoms. The third kappa shape index (κ3) is 3.64. The number of phenolic OH excluding ortho intramolecular Hbond substituents is 1. The summed E-state index contributed by atoms with van der Waals surface area (Å²) in [5, 5.41) is 20.7. The second kappa shape index (κ2) is 8.20. The number of likely N-dealkylation sites (tertiary alicyclic amines) is 1. The number of carbonyl (C=O) groups excluding carboxylic acids is 2. The summed E-state index contributed by atoms with van der Waals surface area (Å²) in [6.07, 6.45) is 1.57. The van der Waals surface area contributed by atoms with Gasteiger partial charge in [-0.15, -0.1) is 0 Å². The van der Waals surface area contributed by atoms with Crippen LogP contribution in [0.15, 0.2) is 54.1 Å². The number of nitrogens with zero attached hydrogens (tertiary/aromatic N) is 1. The Labute approximate surface area is 174 Å². The van der Waals surface area contributed by atoms with E-state index >= 15 is 0 Å². The summed E-state index contributed by atoms with van der Waals surface area (Å²) in [5.41, 5.74) is 1.06. The van der Waals surface area contributed by atoms with Gasteiger partial charge < -0.3 is 24.6 Å². The Morgan fingerprint density at radius 3 is 2.43 bits per heavy atom. The normalized spacial score (nSPS) is 23.2. The third-order valence-electron chi connectivity index (χ3n) is 5.54. The molecule has 2 aromatic rings. The first-order chi connectivity index (χ1) is 14.5. The summed E-state index contributed by atoms with van der Waals surface area (Å²) in [6, 6.07) is 12.1. The molecule has 0 saturated carbocycles. The monoisotopic (exact) mass is 409 g/mol. The van der Waals surface area contributed by atoms with Gasteiger partial charge >= 0.3 is 0 Å². The topological polar surface area (TPSA) is 96.3 Å². The number of hydrogen-bond acceptors (Lipinski definition) is 6. The Hall–Kier alpha value is -3.32. The molecule has 0 radical (unpaired) electrons. The molecule has 0 bridgehead atoms. The first-order valence-electron chi connectivity index (χ1n) is 9.83. The summed E-state index contributed by atoms with van der Waals surface area (Å²) in [7, 11) is 1.54. The summed E-state index contributed by atoms with van der Waals surface area (Å²) in [5.74, 6) is -0.965. The molecule has 4 rings (SSSR count). The predicted molar refractivity (Wildman–Crippen MR) is 109 cm³/mol. The molecule has 0 spiro atoms. The number of amides is 1. The molecule has 7 nitrogen and oxygen atoms in total. The zero-order valence-electron chi connectivity index (χ0n) is 16.6. The van der Waals surface area contributed by atoms with Gasteiger partial charge in [0.2, 0.25) is 0 Å². The van der Waals surface area contributed by atoms with Gasteiger partial charge in [0.25, 0.3) is 11.7 Å². The van der Waals surface area contributed by atoms with Crippen LogP contribution in [0, 0.1) is 0 Å². The van der Waals surface area contributed by atoms with Crippen molar-refractivity contribution in [2.24, 2.45) is 0 Å². The summed E-state index contributed by atoms with van der Waals surface area (Å²) in [4.78, 5) is 27.3. The van der Waals surface area contributed by atoms with E-state index in [2.05, 4.69) is 0 Å². The van der Waals surface area contributed by atoms with Gasteiger partial charge in [0.05, 0.1) is 24.8 Å². The lowest BCUT2D eigenvalue weighted by molar-refractivity contribution is -0.140. The van der Waals surface area contributed by atoms with Crippen molar-refractivity contribution in [3.8, 4) is 11.5 Å². The molecular weight excluding hydrogens is 386 g/mol. The molecule has 0 aromatic heterocycles. The van der Waals surface area contributed by atoms with Gasteiger partial charge in [0, 0.05) is 18.7 Å². The van der Waals surface area contributed by atoms with Crippen molar-refractivity contribution < 1.29 is 29.3 Å². The van der Waals surface area contributed by atoms with Crippen molar-refractivity contribution in [2.75, 3.05) is 20.3 Å². The lowest BCUT2D eigenvalue weighted by Crippen LogP contribution is -2.36. The quantitative estimate of drug-likeness (QED) is 0.448. The molecule has 2 aromatic carbocycles. The molecule has 2 fully saturated rings. The Balaban J connectivity index is 1.80. The van der Waals surface area contributed by atoms with E-state index in [9.17, 15) is 19.8 Å².